The van der Waals surface area contributed by atoms with Crippen molar-refractivity contribution >= 4 is 23.0 Å². The number of aryl methyl sites for hydroxylation is 1. The van der Waals surface area contributed by atoms with Crippen LogP contribution in [0, 0.1) is 29.9 Å². The Morgan fingerprint density at radius 1 is 1.25 bits per heavy atom. The van der Waals surface area contributed by atoms with Crippen LogP contribution in [0.25, 0.3) is 10.9 Å². The molecule has 1 aliphatic heterocycles. The average molecular weight is 433 g/mol. The molecule has 0 spiro atoms. The molecule has 8 heteroatoms. The fourth-order valence-corrected chi connectivity index (χ4v) is 3.80. The van der Waals surface area contributed by atoms with Crippen LogP contribution in [0.2, 0.25) is 0 Å². The van der Waals surface area contributed by atoms with Gasteiger partial charge in [0, 0.05) is 30.0 Å². The Morgan fingerprint density at radius 3 is 2.84 bits per heavy atom. The summed E-state index contributed by atoms with van der Waals surface area (Å²) in [5, 5.41) is 19.5. The van der Waals surface area contributed by atoms with Crippen LogP contribution < -0.4 is 0 Å². The van der Waals surface area contributed by atoms with E-state index in [9.17, 15) is 13.6 Å². The number of hydrogen-bond acceptors (Lipinski definition) is 4. The van der Waals surface area contributed by atoms with Gasteiger partial charge in [-0.25, -0.2) is 13.8 Å². The predicted molar refractivity (Wildman–Crippen MR) is 117 cm³/mol. The van der Waals surface area contributed by atoms with Crippen LogP contribution in [-0.4, -0.2) is 26.9 Å². The number of nitrogens with zero attached hydrogens (tertiary/aromatic N) is 5. The van der Waals surface area contributed by atoms with Gasteiger partial charge in [0.05, 0.1) is 35.9 Å². The Hall–Kier alpha value is -3.86. The maximum Gasteiger partial charge on any atom is 0.243 e. The highest BCUT2D eigenvalue weighted by Crippen LogP contribution is 2.32. The zero-order chi connectivity index (χ0) is 22.8. The molecule has 0 radical (unpaired) electrons. The number of halogens is 2. The number of nitriles is 1. The van der Waals surface area contributed by atoms with E-state index in [1.54, 1.807) is 29.2 Å². The topological polar surface area (TPSA) is 74.3 Å². The maximum atomic E-state index is 14.4. The molecule has 6 nitrogen and oxygen atoms in total. The predicted octanol–water partition coefficient (Wildman–Crippen LogP) is 4.79. The number of carbonyl (C=O) groups is 1. The van der Waals surface area contributed by atoms with Gasteiger partial charge in [0.25, 0.3) is 0 Å². The number of rotatable bonds is 6. The summed E-state index contributed by atoms with van der Waals surface area (Å²) in [4.78, 5) is 12.8. The van der Waals surface area contributed by atoms with Crippen molar-refractivity contribution in [3.63, 3.8) is 0 Å². The zero-order valence-electron chi connectivity index (χ0n) is 17.6. The van der Waals surface area contributed by atoms with Crippen molar-refractivity contribution in [1.29, 1.82) is 5.26 Å². The second kappa shape index (κ2) is 8.71. The first-order valence-corrected chi connectivity index (χ1v) is 10.2. The number of amides is 1. The normalized spacial score (nSPS) is 15.3. The number of hydrogen-bond donors (Lipinski definition) is 0. The minimum absolute atomic E-state index is 0.123. The van der Waals surface area contributed by atoms with Crippen LogP contribution in [0.3, 0.4) is 0 Å². The Kier molecular flexibility index (Phi) is 5.82. The highest BCUT2D eigenvalue weighted by molar-refractivity contribution is 5.81. The second-order valence-corrected chi connectivity index (χ2v) is 7.85. The fraction of sp³-hybridized carbons (Fsp3) is 0.250. The highest BCUT2D eigenvalue weighted by Gasteiger charge is 2.30. The Bertz CT molecular complexity index is 1290. The molecule has 2 heterocycles. The smallest absolute Gasteiger partial charge is 0.243 e. The van der Waals surface area contributed by atoms with E-state index in [-0.39, 0.29) is 23.5 Å². The third kappa shape index (κ3) is 4.14. The Morgan fingerprint density at radius 2 is 2.06 bits per heavy atom. The first-order valence-electron chi connectivity index (χ1n) is 10.2. The van der Waals surface area contributed by atoms with Crippen molar-refractivity contribution in [2.24, 2.45) is 5.10 Å². The van der Waals surface area contributed by atoms with Gasteiger partial charge in [0.15, 0.2) is 0 Å². The Balaban J connectivity index is 1.40. The van der Waals surface area contributed by atoms with Crippen LogP contribution in [0.5, 0.6) is 0 Å². The van der Waals surface area contributed by atoms with Crippen molar-refractivity contribution in [1.82, 2.24) is 14.8 Å². The number of carbonyl (C=O) groups excluding carboxylic acids is 1. The van der Waals surface area contributed by atoms with E-state index < -0.39 is 17.7 Å². The molecule has 1 aromatic heterocycles. The molecular weight excluding hydrogens is 412 g/mol. The number of benzene rings is 2. The van der Waals surface area contributed by atoms with E-state index in [0.29, 0.717) is 24.9 Å². The molecule has 2 aromatic carbocycles. The summed E-state index contributed by atoms with van der Waals surface area (Å²) < 4.78 is 30.2. The molecule has 0 bridgehead atoms. The SMILES string of the molecule is C=C(CCC(=O)N1N=CCC1c1cc(F)c(C)cc1F)Cn1ncc2cc(C#N)ccc21. The molecule has 162 valence electrons. The van der Waals surface area contributed by atoms with Gasteiger partial charge in [-0.1, -0.05) is 12.2 Å². The molecular formula is C24H21F2N5O. The van der Waals surface area contributed by atoms with Crippen molar-refractivity contribution in [3.05, 3.63) is 77.0 Å². The van der Waals surface area contributed by atoms with Crippen molar-refractivity contribution in [2.75, 3.05) is 0 Å². The van der Waals surface area contributed by atoms with Crippen LogP contribution in [-0.2, 0) is 11.3 Å². The summed E-state index contributed by atoms with van der Waals surface area (Å²) in [6.07, 6.45) is 4.10. The van der Waals surface area contributed by atoms with Gasteiger partial charge >= 0.3 is 0 Å². The lowest BCUT2D eigenvalue weighted by Crippen LogP contribution is -2.27. The van der Waals surface area contributed by atoms with Gasteiger partial charge in [0.1, 0.15) is 11.6 Å². The molecule has 3 aromatic rings. The second-order valence-electron chi connectivity index (χ2n) is 7.85. The van der Waals surface area contributed by atoms with Crippen LogP contribution in [0.1, 0.15) is 42.0 Å². The summed E-state index contributed by atoms with van der Waals surface area (Å²) in [6.45, 7) is 5.97. The molecule has 4 rings (SSSR count). The summed E-state index contributed by atoms with van der Waals surface area (Å²) in [5.74, 6) is -1.34. The van der Waals surface area contributed by atoms with Gasteiger partial charge in [-0.15, -0.1) is 0 Å². The largest absolute Gasteiger partial charge is 0.273 e. The number of allylic oxidation sites excluding steroid dienone is 1. The minimum Gasteiger partial charge on any atom is -0.273 e. The van der Waals surface area contributed by atoms with E-state index >= 15 is 0 Å². The summed E-state index contributed by atoms with van der Waals surface area (Å²) in [6, 6.07) is 9.05. The maximum absolute atomic E-state index is 14.4. The van der Waals surface area contributed by atoms with Crippen LogP contribution in [0.15, 0.2) is 53.8 Å². The third-order valence-electron chi connectivity index (χ3n) is 5.56. The number of aromatic nitrogens is 2. The van der Waals surface area contributed by atoms with Gasteiger partial charge in [-0.3, -0.25) is 9.48 Å². The summed E-state index contributed by atoms with van der Waals surface area (Å²) >= 11 is 0. The van der Waals surface area contributed by atoms with Gasteiger partial charge < -0.3 is 0 Å². The third-order valence-corrected chi connectivity index (χ3v) is 5.56. The number of fused-ring (bicyclic) bond motifs is 1. The standard InChI is InChI=1S/C24H21F2N5O/c1-15(14-30-22-5-4-17(12-27)10-18(22)13-29-30)3-6-24(32)31-23(7-8-28-31)19-11-20(25)16(2)9-21(19)26/h4-5,8-11,13,23H,1,3,6-7,14H2,2H3. The molecule has 0 fully saturated rings. The molecule has 0 saturated heterocycles. The lowest BCUT2D eigenvalue weighted by molar-refractivity contribution is -0.133. The van der Waals surface area contributed by atoms with E-state index in [1.807, 2.05) is 6.07 Å². The molecule has 1 atom stereocenters. The van der Waals surface area contributed by atoms with Crippen LogP contribution in [0.4, 0.5) is 8.78 Å². The molecule has 0 saturated carbocycles. The zero-order valence-corrected chi connectivity index (χ0v) is 17.6. The summed E-state index contributed by atoms with van der Waals surface area (Å²) in [7, 11) is 0. The van der Waals surface area contributed by atoms with E-state index in [4.69, 9.17) is 5.26 Å². The van der Waals surface area contributed by atoms with E-state index in [1.165, 1.54) is 11.9 Å². The fourth-order valence-electron chi connectivity index (χ4n) is 3.80. The Labute approximate surface area is 184 Å². The van der Waals surface area contributed by atoms with Crippen molar-refractivity contribution in [3.8, 4) is 6.07 Å². The molecule has 32 heavy (non-hydrogen) atoms. The van der Waals surface area contributed by atoms with Crippen molar-refractivity contribution in [2.45, 2.75) is 38.8 Å². The average Bonchev–Trinajstić information content (AvgIpc) is 3.41. The van der Waals surface area contributed by atoms with Gasteiger partial charge in [-0.2, -0.15) is 15.5 Å². The van der Waals surface area contributed by atoms with E-state index in [0.717, 1.165) is 28.6 Å². The molecule has 1 amide bonds. The lowest BCUT2D eigenvalue weighted by Gasteiger charge is -2.23. The first-order chi connectivity index (χ1) is 15.4. The van der Waals surface area contributed by atoms with Gasteiger partial charge in [-0.05, 0) is 49.2 Å². The van der Waals surface area contributed by atoms with Crippen LogP contribution >= 0.6 is 0 Å². The highest BCUT2D eigenvalue weighted by atomic mass is 19.1. The molecule has 1 aliphatic rings. The molecule has 0 aliphatic carbocycles. The number of hydrazone groups is 1. The molecule has 0 N–H and O–H groups in total. The quantitative estimate of drug-likeness (QED) is 0.525. The summed E-state index contributed by atoms with van der Waals surface area (Å²) in [5.41, 5.74) is 2.57. The first kappa shape index (κ1) is 21.4. The van der Waals surface area contributed by atoms with E-state index in [2.05, 4.69) is 22.8 Å². The minimum atomic E-state index is -0.657. The monoisotopic (exact) mass is 433 g/mol. The van der Waals surface area contributed by atoms with Gasteiger partial charge in [0.2, 0.25) is 5.91 Å². The van der Waals surface area contributed by atoms with Crippen molar-refractivity contribution < 1.29 is 13.6 Å². The molecule has 1 unspecified atom stereocenters. The lowest BCUT2D eigenvalue weighted by atomic mass is 10.0.